The van der Waals surface area contributed by atoms with Gasteiger partial charge in [-0.1, -0.05) is 6.07 Å². The maximum Gasteiger partial charge on any atom is 0.435 e. The second-order valence-corrected chi connectivity index (χ2v) is 4.45. The second kappa shape index (κ2) is 6.50. The first-order valence-electron chi connectivity index (χ1n) is 6.43. The number of rotatable bonds is 5. The fourth-order valence-corrected chi connectivity index (χ4v) is 1.79. The third kappa shape index (κ3) is 4.00. The van der Waals surface area contributed by atoms with E-state index in [9.17, 15) is 18.0 Å². The zero-order valence-corrected chi connectivity index (χ0v) is 11.7. The van der Waals surface area contributed by atoms with Gasteiger partial charge >= 0.3 is 6.18 Å². The lowest BCUT2D eigenvalue weighted by atomic mass is 10.2. The maximum absolute atomic E-state index is 12.4. The number of nitrogens with one attached hydrogen (secondary N) is 1. The highest BCUT2D eigenvalue weighted by atomic mass is 19.4. The number of carbonyl (C=O) groups is 1. The Morgan fingerprint density at radius 2 is 2.14 bits per heavy atom. The third-order valence-electron chi connectivity index (χ3n) is 2.89. The molecule has 22 heavy (non-hydrogen) atoms. The molecule has 0 bridgehead atoms. The van der Waals surface area contributed by atoms with Crippen molar-refractivity contribution in [3.05, 3.63) is 47.8 Å². The van der Waals surface area contributed by atoms with Crippen LogP contribution in [0.1, 0.15) is 16.1 Å². The molecule has 0 aliphatic heterocycles. The molecule has 0 spiro atoms. The summed E-state index contributed by atoms with van der Waals surface area (Å²) in [6.07, 6.45) is -3.24. The van der Waals surface area contributed by atoms with E-state index >= 15 is 0 Å². The van der Waals surface area contributed by atoms with Gasteiger partial charge in [-0.15, -0.1) is 0 Å². The SMILES string of the molecule is COc1cccc(C(=O)NCCn2ccc(C(F)(F)F)n2)c1. The highest BCUT2D eigenvalue weighted by molar-refractivity contribution is 5.94. The van der Waals surface area contributed by atoms with Crippen LogP contribution in [-0.4, -0.2) is 29.3 Å². The lowest BCUT2D eigenvalue weighted by molar-refractivity contribution is -0.141. The van der Waals surface area contributed by atoms with E-state index in [0.29, 0.717) is 11.3 Å². The molecule has 0 aliphatic rings. The van der Waals surface area contributed by atoms with Gasteiger partial charge in [-0.2, -0.15) is 18.3 Å². The average Bonchev–Trinajstić information content (AvgIpc) is 2.96. The maximum atomic E-state index is 12.4. The second-order valence-electron chi connectivity index (χ2n) is 4.45. The highest BCUT2D eigenvalue weighted by Crippen LogP contribution is 2.27. The smallest absolute Gasteiger partial charge is 0.435 e. The number of alkyl halides is 3. The van der Waals surface area contributed by atoms with Crippen LogP contribution in [0.2, 0.25) is 0 Å². The van der Waals surface area contributed by atoms with Gasteiger partial charge in [0.2, 0.25) is 0 Å². The van der Waals surface area contributed by atoms with Crippen molar-refractivity contribution < 1.29 is 22.7 Å². The molecule has 0 aliphatic carbocycles. The summed E-state index contributed by atoms with van der Waals surface area (Å²) in [6.45, 7) is 0.306. The molecule has 1 N–H and O–H groups in total. The Hall–Kier alpha value is -2.51. The van der Waals surface area contributed by atoms with Gasteiger partial charge in [0.05, 0.1) is 13.7 Å². The van der Waals surface area contributed by atoms with E-state index in [0.717, 1.165) is 10.7 Å². The molecular formula is C14H14F3N3O2. The van der Waals surface area contributed by atoms with Gasteiger partial charge in [-0.3, -0.25) is 9.48 Å². The standard InChI is InChI=1S/C14H14F3N3O2/c1-22-11-4-2-3-10(9-11)13(21)18-6-8-20-7-5-12(19-20)14(15,16)17/h2-5,7,9H,6,8H2,1H3,(H,18,21). The number of aromatic nitrogens is 2. The molecule has 0 atom stereocenters. The molecule has 1 aromatic carbocycles. The molecule has 5 nitrogen and oxygen atoms in total. The molecule has 1 aromatic heterocycles. The van der Waals surface area contributed by atoms with Gasteiger partial charge < -0.3 is 10.1 Å². The Labute approximate surface area is 124 Å². The van der Waals surface area contributed by atoms with E-state index in [1.165, 1.54) is 13.3 Å². The van der Waals surface area contributed by atoms with E-state index < -0.39 is 11.9 Å². The Bertz CT molecular complexity index is 653. The first kappa shape index (κ1) is 15.9. The number of ether oxygens (including phenoxy) is 1. The van der Waals surface area contributed by atoms with Gasteiger partial charge in [0.25, 0.3) is 5.91 Å². The van der Waals surface area contributed by atoms with Crippen LogP contribution in [0.15, 0.2) is 36.5 Å². The molecule has 0 saturated heterocycles. The first-order chi connectivity index (χ1) is 10.4. The van der Waals surface area contributed by atoms with Crippen molar-refractivity contribution >= 4 is 5.91 Å². The molecule has 2 rings (SSSR count). The summed E-state index contributed by atoms with van der Waals surface area (Å²) >= 11 is 0. The van der Waals surface area contributed by atoms with Gasteiger partial charge in [0, 0.05) is 18.3 Å². The van der Waals surface area contributed by atoms with Crippen LogP contribution < -0.4 is 10.1 Å². The molecule has 0 fully saturated rings. The Balaban J connectivity index is 1.88. The molecule has 1 amide bonds. The number of nitrogens with zero attached hydrogens (tertiary/aromatic N) is 2. The van der Waals surface area contributed by atoms with Crippen molar-refractivity contribution in [2.24, 2.45) is 0 Å². The summed E-state index contributed by atoms with van der Waals surface area (Å²) in [4.78, 5) is 11.9. The summed E-state index contributed by atoms with van der Waals surface area (Å²) in [5.74, 6) is 0.219. The molecule has 8 heteroatoms. The predicted octanol–water partition coefficient (Wildman–Crippen LogP) is 2.34. The largest absolute Gasteiger partial charge is 0.497 e. The van der Waals surface area contributed by atoms with E-state index in [1.807, 2.05) is 0 Å². The number of methoxy groups -OCH3 is 1. The lowest BCUT2D eigenvalue weighted by Crippen LogP contribution is -2.27. The molecule has 1 heterocycles. The Morgan fingerprint density at radius 3 is 2.77 bits per heavy atom. The molecule has 118 valence electrons. The lowest BCUT2D eigenvalue weighted by Gasteiger charge is -2.07. The summed E-state index contributed by atoms with van der Waals surface area (Å²) in [7, 11) is 1.49. The van der Waals surface area contributed by atoms with E-state index in [-0.39, 0.29) is 19.0 Å². The summed E-state index contributed by atoms with van der Waals surface area (Å²) in [5, 5.41) is 6.01. The zero-order chi connectivity index (χ0) is 16.2. The number of halogens is 3. The fraction of sp³-hybridized carbons (Fsp3) is 0.286. The molecular weight excluding hydrogens is 299 g/mol. The van der Waals surface area contributed by atoms with Crippen molar-refractivity contribution in [2.45, 2.75) is 12.7 Å². The van der Waals surface area contributed by atoms with Crippen LogP contribution in [0.5, 0.6) is 5.75 Å². The van der Waals surface area contributed by atoms with E-state index in [4.69, 9.17) is 4.74 Å². The quantitative estimate of drug-likeness (QED) is 0.922. The number of hydrogen-bond donors (Lipinski definition) is 1. The minimum Gasteiger partial charge on any atom is -0.497 e. The number of amides is 1. The summed E-state index contributed by atoms with van der Waals surface area (Å²) < 4.78 is 43.3. The van der Waals surface area contributed by atoms with Crippen LogP contribution in [-0.2, 0) is 12.7 Å². The van der Waals surface area contributed by atoms with Crippen LogP contribution in [0.4, 0.5) is 13.2 Å². The van der Waals surface area contributed by atoms with Crippen molar-refractivity contribution in [3.8, 4) is 5.75 Å². The van der Waals surface area contributed by atoms with Crippen LogP contribution >= 0.6 is 0 Å². The van der Waals surface area contributed by atoms with Gasteiger partial charge in [-0.05, 0) is 24.3 Å². The van der Waals surface area contributed by atoms with Crippen molar-refractivity contribution in [2.75, 3.05) is 13.7 Å². The van der Waals surface area contributed by atoms with Gasteiger partial charge in [-0.25, -0.2) is 0 Å². The molecule has 0 radical (unpaired) electrons. The van der Waals surface area contributed by atoms with Crippen molar-refractivity contribution in [1.29, 1.82) is 0 Å². The van der Waals surface area contributed by atoms with Crippen molar-refractivity contribution in [1.82, 2.24) is 15.1 Å². The molecule has 0 unspecified atom stereocenters. The molecule has 2 aromatic rings. The van der Waals surface area contributed by atoms with E-state index in [2.05, 4.69) is 10.4 Å². The fourth-order valence-electron chi connectivity index (χ4n) is 1.79. The minimum absolute atomic E-state index is 0.145. The summed E-state index contributed by atoms with van der Waals surface area (Å²) in [5.41, 5.74) is -0.539. The van der Waals surface area contributed by atoms with Gasteiger partial charge in [0.1, 0.15) is 5.75 Å². The minimum atomic E-state index is -4.46. The van der Waals surface area contributed by atoms with Crippen LogP contribution in [0, 0.1) is 0 Å². The van der Waals surface area contributed by atoms with Crippen LogP contribution in [0.3, 0.4) is 0 Å². The Morgan fingerprint density at radius 1 is 1.36 bits per heavy atom. The molecule has 0 saturated carbocycles. The average molecular weight is 313 g/mol. The van der Waals surface area contributed by atoms with Crippen molar-refractivity contribution in [3.63, 3.8) is 0 Å². The topological polar surface area (TPSA) is 56.1 Å². The monoisotopic (exact) mass is 313 g/mol. The first-order valence-corrected chi connectivity index (χ1v) is 6.43. The normalized spacial score (nSPS) is 11.3. The van der Waals surface area contributed by atoms with Gasteiger partial charge in [0.15, 0.2) is 5.69 Å². The predicted molar refractivity (Wildman–Crippen MR) is 72.6 cm³/mol. The number of hydrogen-bond acceptors (Lipinski definition) is 3. The number of carbonyl (C=O) groups excluding carboxylic acids is 1. The highest BCUT2D eigenvalue weighted by Gasteiger charge is 2.33. The summed E-state index contributed by atoms with van der Waals surface area (Å²) in [6, 6.07) is 7.47. The van der Waals surface area contributed by atoms with E-state index in [1.54, 1.807) is 24.3 Å². The Kier molecular flexibility index (Phi) is 4.69. The third-order valence-corrected chi connectivity index (χ3v) is 2.89. The van der Waals surface area contributed by atoms with Crippen LogP contribution in [0.25, 0.3) is 0 Å². The number of benzene rings is 1. The zero-order valence-electron chi connectivity index (χ0n) is 11.7.